The second-order valence-electron chi connectivity index (χ2n) is 6.28. The Kier molecular flexibility index (Phi) is 8.94. The number of halogens is 2. The first kappa shape index (κ1) is 27.1. The fourth-order valence-corrected chi connectivity index (χ4v) is 3.79. The number of aromatic hydroxyl groups is 2. The molecule has 0 aliphatic heterocycles. The molecule has 0 atom stereocenters. The Labute approximate surface area is 220 Å². The van der Waals surface area contributed by atoms with Crippen LogP contribution >= 0.6 is 23.2 Å². The molecule has 169 valence electrons. The van der Waals surface area contributed by atoms with Gasteiger partial charge in [0.05, 0.1) is 22.2 Å². The summed E-state index contributed by atoms with van der Waals surface area (Å²) in [6, 6.07) is 7.23. The summed E-state index contributed by atoms with van der Waals surface area (Å²) in [5.41, 5.74) is -0.410. The Morgan fingerprint density at radius 3 is 2.45 bits per heavy atom. The van der Waals surface area contributed by atoms with Crippen LogP contribution in [0.25, 0.3) is 10.8 Å². The predicted molar refractivity (Wildman–Crippen MR) is 124 cm³/mol. The number of amides is 1. The smallest absolute Gasteiger partial charge is 0.411 e. The molecule has 3 aromatic carbocycles. The van der Waals surface area contributed by atoms with Gasteiger partial charge in [-0.15, -0.1) is 10.2 Å². The summed E-state index contributed by atoms with van der Waals surface area (Å²) >= 11 is 11.8. The minimum atomic E-state index is -4.63. The fraction of sp³-hybridized carbons (Fsp3) is 0.105. The molecule has 0 aliphatic carbocycles. The van der Waals surface area contributed by atoms with Crippen LogP contribution < -0.4 is 5.32 Å². The number of benzene rings is 3. The van der Waals surface area contributed by atoms with Crippen molar-refractivity contribution in [2.45, 2.75) is 11.8 Å². The number of phenolic OH excluding ortho intramolecular Hbond substituents is 2. The Hall–Kier alpha value is -2.12. The molecule has 33 heavy (non-hydrogen) atoms. The van der Waals surface area contributed by atoms with Crippen molar-refractivity contribution in [3.05, 3.63) is 46.4 Å². The largest absolute Gasteiger partial charge is 0.506 e. The Morgan fingerprint density at radius 1 is 1.12 bits per heavy atom. The van der Waals surface area contributed by atoms with Crippen molar-refractivity contribution >= 4 is 96.8 Å². The number of hydrogen-bond acceptors (Lipinski definition) is 8. The van der Waals surface area contributed by atoms with E-state index in [0.717, 1.165) is 12.1 Å². The van der Waals surface area contributed by atoms with Crippen LogP contribution in [0.4, 0.5) is 21.9 Å². The third kappa shape index (κ3) is 6.27. The molecule has 0 heterocycles. The number of hydrogen-bond donors (Lipinski definition) is 4. The number of phenols is 2. The summed E-state index contributed by atoms with van der Waals surface area (Å²) in [4.78, 5) is 11.5. The van der Waals surface area contributed by atoms with Gasteiger partial charge in [-0.25, -0.2) is 4.79 Å². The van der Waals surface area contributed by atoms with Crippen molar-refractivity contribution in [3.63, 3.8) is 0 Å². The maximum atomic E-state index is 12.0. The van der Waals surface area contributed by atoms with E-state index in [1.807, 2.05) is 0 Å². The first-order valence-electron chi connectivity index (χ1n) is 8.82. The average molecular weight is 523 g/mol. The van der Waals surface area contributed by atoms with Crippen molar-refractivity contribution in [1.82, 2.24) is 0 Å². The second kappa shape index (κ2) is 10.9. The predicted octanol–water partition coefficient (Wildman–Crippen LogP) is 5.41. The second-order valence-corrected chi connectivity index (χ2v) is 8.54. The minimum absolute atomic E-state index is 0. The summed E-state index contributed by atoms with van der Waals surface area (Å²) < 4.78 is 37.6. The number of azo groups is 1. The van der Waals surface area contributed by atoms with Gasteiger partial charge in [0.25, 0.3) is 10.1 Å². The van der Waals surface area contributed by atoms with E-state index in [4.69, 9.17) is 27.9 Å². The van der Waals surface area contributed by atoms with Crippen molar-refractivity contribution in [3.8, 4) is 11.5 Å². The minimum Gasteiger partial charge on any atom is -0.506 e. The topological polar surface area (TPSA) is 158 Å². The molecular formula is C19H15Cl2N3NaO7S. The van der Waals surface area contributed by atoms with Crippen molar-refractivity contribution < 1.29 is 32.7 Å². The Balaban J connectivity index is 0.00000385. The number of carbonyl (C=O) groups excluding carboxylic acids is 1. The number of fused-ring (bicyclic) bond motifs is 1. The molecule has 0 spiro atoms. The first-order chi connectivity index (χ1) is 15.0. The first-order valence-corrected chi connectivity index (χ1v) is 11.0. The van der Waals surface area contributed by atoms with Gasteiger partial charge in [-0.05, 0) is 42.6 Å². The number of carbonyl (C=O) groups is 1. The SMILES string of the molecule is CCOC(=O)Nc1cc(S(=O)(=O)O)cc2ccc(O)c(N=Nc3cc(Cl)cc(Cl)c3O)c12.[Na]. The molecule has 0 fully saturated rings. The zero-order chi connectivity index (χ0) is 23.6. The van der Waals surface area contributed by atoms with Gasteiger partial charge in [-0.1, -0.05) is 29.3 Å². The van der Waals surface area contributed by atoms with E-state index in [1.165, 1.54) is 24.3 Å². The maximum absolute atomic E-state index is 12.0. The molecule has 3 rings (SSSR count). The van der Waals surface area contributed by atoms with Gasteiger partial charge in [-0.3, -0.25) is 9.87 Å². The van der Waals surface area contributed by atoms with Crippen LogP contribution in [0.1, 0.15) is 6.92 Å². The van der Waals surface area contributed by atoms with Crippen molar-refractivity contribution in [1.29, 1.82) is 0 Å². The van der Waals surface area contributed by atoms with Crippen LogP contribution in [0.2, 0.25) is 10.0 Å². The van der Waals surface area contributed by atoms with E-state index in [-0.39, 0.29) is 79.8 Å². The van der Waals surface area contributed by atoms with Crippen LogP contribution in [0.15, 0.2) is 51.5 Å². The van der Waals surface area contributed by atoms with Gasteiger partial charge in [0, 0.05) is 40.0 Å². The zero-order valence-electron chi connectivity index (χ0n) is 17.2. The van der Waals surface area contributed by atoms with Gasteiger partial charge in [0.2, 0.25) is 0 Å². The molecule has 3 aromatic rings. The van der Waals surface area contributed by atoms with E-state index in [1.54, 1.807) is 6.92 Å². The van der Waals surface area contributed by atoms with E-state index in [9.17, 15) is 28.0 Å². The van der Waals surface area contributed by atoms with Crippen molar-refractivity contribution in [2.75, 3.05) is 11.9 Å². The molecule has 4 N–H and O–H groups in total. The molecule has 0 bridgehead atoms. The van der Waals surface area contributed by atoms with Crippen molar-refractivity contribution in [2.24, 2.45) is 10.2 Å². The molecule has 10 nitrogen and oxygen atoms in total. The Morgan fingerprint density at radius 2 is 1.82 bits per heavy atom. The summed E-state index contributed by atoms with van der Waals surface area (Å²) in [6.07, 6.45) is -0.910. The van der Waals surface area contributed by atoms with E-state index in [2.05, 4.69) is 15.5 Å². The molecule has 0 aliphatic rings. The number of rotatable bonds is 5. The summed E-state index contributed by atoms with van der Waals surface area (Å²) in [6.45, 7) is 1.61. The van der Waals surface area contributed by atoms with Gasteiger partial charge in [0.1, 0.15) is 17.1 Å². The molecule has 0 saturated heterocycles. The standard InChI is InChI=1S/C19H15Cl2N3O7S.Na/c1-2-31-19(27)22-13-8-11(32(28,29)30)5-9-3-4-15(25)17(16(9)13)24-23-14-7-10(20)6-12(21)18(14)26;/h3-8,25-26H,2H2,1H3,(H,22,27)(H,28,29,30);. The maximum Gasteiger partial charge on any atom is 0.411 e. The number of anilines is 1. The molecule has 0 unspecified atom stereocenters. The number of nitrogens with one attached hydrogen (secondary N) is 1. The molecule has 1 radical (unpaired) electrons. The van der Waals surface area contributed by atoms with Gasteiger partial charge in [0.15, 0.2) is 5.75 Å². The molecule has 14 heteroatoms. The third-order valence-corrected chi connectivity index (χ3v) is 5.46. The van der Waals surface area contributed by atoms with E-state index in [0.29, 0.717) is 0 Å². The van der Waals surface area contributed by atoms with E-state index >= 15 is 0 Å². The molecular weight excluding hydrogens is 508 g/mol. The monoisotopic (exact) mass is 522 g/mol. The van der Waals surface area contributed by atoms with Gasteiger partial charge in [-0.2, -0.15) is 8.42 Å². The molecule has 0 aromatic heterocycles. The third-order valence-electron chi connectivity index (χ3n) is 4.12. The number of ether oxygens (including phenoxy) is 1. The average Bonchev–Trinajstić information content (AvgIpc) is 2.70. The van der Waals surface area contributed by atoms with Crippen LogP contribution in [0, 0.1) is 0 Å². The summed E-state index contributed by atoms with van der Waals surface area (Å²) in [7, 11) is -4.63. The van der Waals surface area contributed by atoms with Gasteiger partial charge < -0.3 is 14.9 Å². The van der Waals surface area contributed by atoms with Crippen LogP contribution in [0.3, 0.4) is 0 Å². The normalized spacial score (nSPS) is 11.4. The van der Waals surface area contributed by atoms with Crippen LogP contribution in [0.5, 0.6) is 11.5 Å². The number of nitrogens with zero attached hydrogens (tertiary/aromatic N) is 2. The van der Waals surface area contributed by atoms with Crippen LogP contribution in [-0.2, 0) is 14.9 Å². The van der Waals surface area contributed by atoms with E-state index < -0.39 is 26.9 Å². The van der Waals surface area contributed by atoms with Crippen LogP contribution in [-0.4, -0.2) is 65.4 Å². The summed E-state index contributed by atoms with van der Waals surface area (Å²) in [5.74, 6) is -0.779. The van der Waals surface area contributed by atoms with Gasteiger partial charge >= 0.3 is 6.09 Å². The summed E-state index contributed by atoms with van der Waals surface area (Å²) in [5, 5.41) is 31.0. The fourth-order valence-electron chi connectivity index (χ4n) is 2.77. The quantitative estimate of drug-likeness (QED) is 0.198. The zero-order valence-corrected chi connectivity index (χ0v) is 21.5. The molecule has 0 saturated carbocycles. The molecule has 1 amide bonds. The Bertz CT molecular complexity index is 1370.